The Morgan fingerprint density at radius 3 is 2.75 bits per heavy atom. The number of aromatic carboxylic acids is 1. The molecule has 0 saturated heterocycles. The van der Waals surface area contributed by atoms with E-state index in [1.807, 2.05) is 0 Å². The Balaban J connectivity index is 2.96. The molecule has 0 fully saturated rings. The first-order valence-corrected chi connectivity index (χ1v) is 4.89. The van der Waals surface area contributed by atoms with Gasteiger partial charge in [0.05, 0.1) is 17.9 Å². The first-order valence-electron chi connectivity index (χ1n) is 4.51. The van der Waals surface area contributed by atoms with Crippen LogP contribution in [0.3, 0.4) is 0 Å². The molecule has 0 saturated carbocycles. The summed E-state index contributed by atoms with van der Waals surface area (Å²) in [5.74, 6) is -1.15. The lowest BCUT2D eigenvalue weighted by Gasteiger charge is -2.08. The van der Waals surface area contributed by atoms with Gasteiger partial charge in [-0.15, -0.1) is 0 Å². The zero-order chi connectivity index (χ0) is 12.1. The molecule has 0 atom stereocenters. The van der Waals surface area contributed by atoms with Crippen molar-refractivity contribution in [1.29, 1.82) is 0 Å². The number of carboxylic acids is 1. The quantitative estimate of drug-likeness (QED) is 0.856. The van der Waals surface area contributed by atoms with Gasteiger partial charge >= 0.3 is 12.1 Å². The molecule has 0 spiro atoms. The number of anilines is 1. The average molecular weight is 244 g/mol. The molecule has 86 valence electrons. The molecule has 1 rings (SSSR count). The maximum Gasteiger partial charge on any atom is 0.411 e. The van der Waals surface area contributed by atoms with Crippen LogP contribution in [-0.4, -0.2) is 23.8 Å². The molecule has 0 aliphatic heterocycles. The molecule has 6 heteroatoms. The molecule has 0 unspecified atom stereocenters. The van der Waals surface area contributed by atoms with E-state index < -0.39 is 12.1 Å². The lowest BCUT2D eigenvalue weighted by Crippen LogP contribution is -2.15. The van der Waals surface area contributed by atoms with Gasteiger partial charge in [-0.1, -0.05) is 11.6 Å². The highest BCUT2D eigenvalue weighted by Crippen LogP contribution is 2.21. The average Bonchev–Trinajstić information content (AvgIpc) is 2.17. The number of rotatable bonds is 3. The third kappa shape index (κ3) is 3.13. The molecule has 1 aromatic carbocycles. The highest BCUT2D eigenvalue weighted by atomic mass is 35.5. The zero-order valence-electron chi connectivity index (χ0n) is 8.49. The highest BCUT2D eigenvalue weighted by Gasteiger charge is 2.13. The van der Waals surface area contributed by atoms with Gasteiger partial charge in [0, 0.05) is 5.02 Å². The topological polar surface area (TPSA) is 75.6 Å². The molecule has 0 bridgehead atoms. The summed E-state index contributed by atoms with van der Waals surface area (Å²) >= 11 is 5.70. The number of nitrogens with one attached hydrogen (secondary N) is 1. The number of carbonyl (C=O) groups is 2. The molecule has 0 heterocycles. The maximum absolute atomic E-state index is 11.1. The fourth-order valence-corrected chi connectivity index (χ4v) is 1.26. The van der Waals surface area contributed by atoms with E-state index in [9.17, 15) is 9.59 Å². The van der Waals surface area contributed by atoms with Crippen molar-refractivity contribution in [2.24, 2.45) is 0 Å². The van der Waals surface area contributed by atoms with Crippen LogP contribution in [0, 0.1) is 0 Å². The largest absolute Gasteiger partial charge is 0.478 e. The lowest BCUT2D eigenvalue weighted by atomic mass is 10.2. The van der Waals surface area contributed by atoms with Crippen LogP contribution in [0.4, 0.5) is 10.5 Å². The van der Waals surface area contributed by atoms with Crippen LogP contribution in [0.15, 0.2) is 18.2 Å². The molecule has 5 nitrogen and oxygen atoms in total. The fraction of sp³-hybridized carbons (Fsp3) is 0.200. The van der Waals surface area contributed by atoms with E-state index >= 15 is 0 Å². The summed E-state index contributed by atoms with van der Waals surface area (Å²) in [4.78, 5) is 22.0. The highest BCUT2D eigenvalue weighted by molar-refractivity contribution is 6.31. The second-order valence-corrected chi connectivity index (χ2v) is 3.28. The van der Waals surface area contributed by atoms with E-state index in [0.29, 0.717) is 5.02 Å². The fourth-order valence-electron chi connectivity index (χ4n) is 1.08. The summed E-state index contributed by atoms with van der Waals surface area (Å²) in [6.45, 7) is 1.85. The van der Waals surface area contributed by atoms with Gasteiger partial charge in [0.15, 0.2) is 0 Å². The predicted octanol–water partition coefficient (Wildman–Crippen LogP) is 2.61. The summed E-state index contributed by atoms with van der Waals surface area (Å²) in [7, 11) is 0. The molecule has 0 aromatic heterocycles. The molecule has 1 amide bonds. The Morgan fingerprint density at radius 1 is 1.50 bits per heavy atom. The van der Waals surface area contributed by atoms with Crippen molar-refractivity contribution >= 4 is 29.4 Å². The van der Waals surface area contributed by atoms with Crippen molar-refractivity contribution in [1.82, 2.24) is 0 Å². The van der Waals surface area contributed by atoms with Crippen LogP contribution < -0.4 is 5.32 Å². The Bertz CT molecular complexity index is 419. The Labute approximate surface area is 97.0 Å². The van der Waals surface area contributed by atoms with Crippen LogP contribution in [0.25, 0.3) is 0 Å². The summed E-state index contributed by atoms with van der Waals surface area (Å²) in [6.07, 6.45) is -0.715. The van der Waals surface area contributed by atoms with Gasteiger partial charge in [-0.3, -0.25) is 5.32 Å². The minimum atomic E-state index is -1.15. The monoisotopic (exact) mass is 243 g/mol. The van der Waals surface area contributed by atoms with E-state index in [4.69, 9.17) is 16.7 Å². The number of carbonyl (C=O) groups excluding carboxylic acids is 1. The summed E-state index contributed by atoms with van der Waals surface area (Å²) in [5.41, 5.74) is 0.0657. The van der Waals surface area contributed by atoms with Crippen LogP contribution in [0.5, 0.6) is 0 Å². The van der Waals surface area contributed by atoms with Crippen molar-refractivity contribution in [2.45, 2.75) is 6.92 Å². The van der Waals surface area contributed by atoms with Gasteiger partial charge in [0.2, 0.25) is 0 Å². The van der Waals surface area contributed by atoms with Crippen LogP contribution in [0.1, 0.15) is 17.3 Å². The minimum absolute atomic E-state index is 0.0440. The van der Waals surface area contributed by atoms with E-state index in [1.165, 1.54) is 18.2 Å². The van der Waals surface area contributed by atoms with Crippen molar-refractivity contribution in [3.8, 4) is 0 Å². The Morgan fingerprint density at radius 2 is 2.19 bits per heavy atom. The number of hydrogen-bond donors (Lipinski definition) is 2. The molecular weight excluding hydrogens is 234 g/mol. The predicted molar refractivity (Wildman–Crippen MR) is 59.1 cm³/mol. The van der Waals surface area contributed by atoms with Gasteiger partial charge in [-0.05, 0) is 25.1 Å². The van der Waals surface area contributed by atoms with Crippen LogP contribution in [-0.2, 0) is 4.74 Å². The van der Waals surface area contributed by atoms with E-state index in [2.05, 4.69) is 10.1 Å². The molecule has 16 heavy (non-hydrogen) atoms. The Hall–Kier alpha value is -1.75. The SMILES string of the molecule is CCOC(=O)Nc1cc(Cl)ccc1C(=O)O. The second-order valence-electron chi connectivity index (χ2n) is 2.84. The number of amides is 1. The van der Waals surface area contributed by atoms with E-state index in [0.717, 1.165) is 0 Å². The summed E-state index contributed by atoms with van der Waals surface area (Å²) in [6, 6.07) is 4.09. The van der Waals surface area contributed by atoms with Crippen LogP contribution >= 0.6 is 11.6 Å². The smallest absolute Gasteiger partial charge is 0.411 e. The maximum atomic E-state index is 11.1. The lowest BCUT2D eigenvalue weighted by molar-refractivity contribution is 0.0698. The van der Waals surface area contributed by atoms with E-state index in [1.54, 1.807) is 6.92 Å². The first kappa shape index (κ1) is 12.3. The third-order valence-electron chi connectivity index (χ3n) is 1.72. The van der Waals surface area contributed by atoms with Crippen LogP contribution in [0.2, 0.25) is 5.02 Å². The third-order valence-corrected chi connectivity index (χ3v) is 1.96. The molecule has 0 aliphatic rings. The summed E-state index contributed by atoms with van der Waals surface area (Å²) in [5, 5.41) is 11.5. The normalized spacial score (nSPS) is 9.62. The number of halogens is 1. The molecule has 0 aliphatic carbocycles. The number of carboxylic acid groups (broad SMARTS) is 1. The second kappa shape index (κ2) is 5.37. The van der Waals surface area contributed by atoms with Gasteiger partial charge in [-0.2, -0.15) is 0 Å². The number of benzene rings is 1. The first-order chi connectivity index (χ1) is 7.54. The minimum Gasteiger partial charge on any atom is -0.478 e. The molecular formula is C10H10ClNO4. The van der Waals surface area contributed by atoms with E-state index in [-0.39, 0.29) is 17.9 Å². The number of hydrogen-bond acceptors (Lipinski definition) is 3. The van der Waals surface area contributed by atoms with Crippen molar-refractivity contribution < 1.29 is 19.4 Å². The standard InChI is InChI=1S/C10H10ClNO4/c1-2-16-10(15)12-8-5-6(11)3-4-7(8)9(13)14/h3-5H,2H2,1H3,(H,12,15)(H,13,14). The van der Waals surface area contributed by atoms with Gasteiger partial charge in [-0.25, -0.2) is 9.59 Å². The van der Waals surface area contributed by atoms with Crippen molar-refractivity contribution in [3.05, 3.63) is 28.8 Å². The summed E-state index contributed by atoms with van der Waals surface area (Å²) < 4.78 is 4.63. The Kier molecular flexibility index (Phi) is 4.13. The van der Waals surface area contributed by atoms with Gasteiger partial charge in [0.1, 0.15) is 0 Å². The molecule has 0 radical (unpaired) electrons. The molecule has 2 N–H and O–H groups in total. The van der Waals surface area contributed by atoms with Crippen molar-refractivity contribution in [3.63, 3.8) is 0 Å². The van der Waals surface area contributed by atoms with Gasteiger partial charge < -0.3 is 9.84 Å². The molecule has 1 aromatic rings. The van der Waals surface area contributed by atoms with Crippen molar-refractivity contribution in [2.75, 3.05) is 11.9 Å². The van der Waals surface area contributed by atoms with Gasteiger partial charge in [0.25, 0.3) is 0 Å². The number of ether oxygens (including phenoxy) is 1. The zero-order valence-corrected chi connectivity index (χ0v) is 9.25.